The average Bonchev–Trinajstić information content (AvgIpc) is 3.50. The van der Waals surface area contributed by atoms with Gasteiger partial charge in [-0.2, -0.15) is 0 Å². The third kappa shape index (κ3) is 3.23. The molecule has 0 saturated carbocycles. The van der Waals surface area contributed by atoms with Crippen LogP contribution in [-0.2, 0) is 16.1 Å². The molecule has 0 fully saturated rings. The summed E-state index contributed by atoms with van der Waals surface area (Å²) < 4.78 is 0. The summed E-state index contributed by atoms with van der Waals surface area (Å²) in [6, 6.07) is 21.0. The van der Waals surface area contributed by atoms with Gasteiger partial charge in [-0.15, -0.1) is 12.4 Å². The summed E-state index contributed by atoms with van der Waals surface area (Å²) in [7, 11) is 0. The Balaban J connectivity index is 0.00000228. The van der Waals surface area contributed by atoms with Crippen molar-refractivity contribution in [3.8, 4) is 0 Å². The minimum Gasteiger partial charge on any atom is -0.361 e. The normalized spacial score (nSPS) is 13.9. The van der Waals surface area contributed by atoms with Crippen LogP contribution in [0.1, 0.15) is 16.8 Å². The van der Waals surface area contributed by atoms with Crippen LogP contribution in [0.4, 0.5) is 0 Å². The highest BCUT2D eigenvalue weighted by molar-refractivity contribution is 6.50. The Kier molecular flexibility index (Phi) is 5.07. The van der Waals surface area contributed by atoms with Gasteiger partial charge in [0.05, 0.1) is 23.4 Å². The second kappa shape index (κ2) is 8.07. The van der Waals surface area contributed by atoms with Crippen LogP contribution in [-0.4, -0.2) is 31.7 Å². The maximum absolute atomic E-state index is 13.7. The molecule has 0 aliphatic carbocycles. The summed E-state index contributed by atoms with van der Waals surface area (Å²) in [5, 5.41) is 1.81. The highest BCUT2D eigenvalue weighted by Gasteiger charge is 2.41. The molecular weight excluding hydrogens is 436 g/mol. The Morgan fingerprint density at radius 2 is 1.21 bits per heavy atom. The van der Waals surface area contributed by atoms with Gasteiger partial charge in [0.25, 0.3) is 11.8 Å². The van der Waals surface area contributed by atoms with Crippen LogP contribution in [0.5, 0.6) is 0 Å². The summed E-state index contributed by atoms with van der Waals surface area (Å²) in [4.78, 5) is 39.5. The fourth-order valence-corrected chi connectivity index (χ4v) is 4.43. The standard InChI is InChI=1S/C26H18N4O2.ClH/c31-25-23(19-13-28-21-10-3-1-8-17(19)21)24(20-14-29-22-11-4-2-9-18(20)22)26(32)30(25)15-16-7-5-6-12-27-16;/h1-14,28-29H,15H2;1H. The number of rotatable bonds is 4. The second-order valence-electron chi connectivity index (χ2n) is 7.76. The Bertz CT molecular complexity index is 1450. The van der Waals surface area contributed by atoms with Gasteiger partial charge in [0, 0.05) is 51.5 Å². The molecule has 0 atom stereocenters. The number of para-hydroxylation sites is 2. The Morgan fingerprint density at radius 3 is 1.73 bits per heavy atom. The lowest BCUT2D eigenvalue weighted by molar-refractivity contribution is -0.136. The number of aromatic nitrogens is 3. The SMILES string of the molecule is Cl.O=C1C(c2c[nH]c3ccccc23)=C(c2c[nH]c3ccccc23)C(=O)N1Cc1ccccn1. The first kappa shape index (κ1) is 20.7. The number of pyridine rings is 1. The number of H-pyrrole nitrogens is 2. The molecule has 0 radical (unpaired) electrons. The summed E-state index contributed by atoms with van der Waals surface area (Å²) in [5.74, 6) is -0.628. The van der Waals surface area contributed by atoms with E-state index in [2.05, 4.69) is 15.0 Å². The zero-order valence-corrected chi connectivity index (χ0v) is 18.2. The fraction of sp³-hybridized carbons (Fsp3) is 0.0385. The third-order valence-electron chi connectivity index (χ3n) is 5.93. The number of halogens is 1. The van der Waals surface area contributed by atoms with E-state index in [1.807, 2.05) is 79.1 Å². The largest absolute Gasteiger partial charge is 0.361 e. The monoisotopic (exact) mass is 454 g/mol. The molecule has 2 aromatic carbocycles. The number of carbonyl (C=O) groups excluding carboxylic acids is 2. The van der Waals surface area contributed by atoms with Crippen molar-refractivity contribution in [2.24, 2.45) is 0 Å². The molecule has 0 bridgehead atoms. The van der Waals surface area contributed by atoms with Crippen LogP contribution < -0.4 is 0 Å². The minimum absolute atomic E-state index is 0. The Hall–Kier alpha value is -4.16. The molecule has 0 unspecified atom stereocenters. The number of benzene rings is 2. The average molecular weight is 455 g/mol. The number of amides is 2. The molecule has 2 N–H and O–H groups in total. The minimum atomic E-state index is -0.314. The summed E-state index contributed by atoms with van der Waals surface area (Å²) >= 11 is 0. The molecule has 0 spiro atoms. The molecular formula is C26H19ClN4O2. The zero-order valence-electron chi connectivity index (χ0n) is 17.4. The number of aromatic amines is 2. The molecule has 0 saturated heterocycles. The molecule has 3 aromatic heterocycles. The lowest BCUT2D eigenvalue weighted by Gasteiger charge is -2.14. The second-order valence-corrected chi connectivity index (χ2v) is 7.76. The van der Waals surface area contributed by atoms with Crippen molar-refractivity contribution >= 4 is 57.2 Å². The van der Waals surface area contributed by atoms with Gasteiger partial charge in [0.15, 0.2) is 0 Å². The van der Waals surface area contributed by atoms with E-state index in [4.69, 9.17) is 0 Å². The van der Waals surface area contributed by atoms with Crippen molar-refractivity contribution in [3.63, 3.8) is 0 Å². The molecule has 1 aliphatic rings. The lowest BCUT2D eigenvalue weighted by atomic mass is 9.95. The maximum Gasteiger partial charge on any atom is 0.262 e. The van der Waals surface area contributed by atoms with Crippen LogP contribution in [0.2, 0.25) is 0 Å². The van der Waals surface area contributed by atoms with E-state index in [1.54, 1.807) is 6.20 Å². The maximum atomic E-state index is 13.7. The topological polar surface area (TPSA) is 81.8 Å². The fourth-order valence-electron chi connectivity index (χ4n) is 4.43. The van der Waals surface area contributed by atoms with Gasteiger partial charge >= 0.3 is 0 Å². The molecule has 4 heterocycles. The van der Waals surface area contributed by atoms with Crippen LogP contribution in [0.15, 0.2) is 85.3 Å². The molecule has 5 aromatic rings. The predicted octanol–water partition coefficient (Wildman–Crippen LogP) is 4.95. The van der Waals surface area contributed by atoms with Gasteiger partial charge in [-0.05, 0) is 24.3 Å². The zero-order chi connectivity index (χ0) is 21.7. The molecule has 33 heavy (non-hydrogen) atoms. The van der Waals surface area contributed by atoms with E-state index in [9.17, 15) is 9.59 Å². The number of imide groups is 1. The highest BCUT2D eigenvalue weighted by atomic mass is 35.5. The molecule has 6 rings (SSSR count). The number of fused-ring (bicyclic) bond motifs is 2. The molecule has 6 nitrogen and oxygen atoms in total. The number of carbonyl (C=O) groups is 2. The van der Waals surface area contributed by atoms with Crippen LogP contribution in [0.25, 0.3) is 33.0 Å². The summed E-state index contributed by atoms with van der Waals surface area (Å²) in [6.07, 6.45) is 5.28. The van der Waals surface area contributed by atoms with Gasteiger partial charge in [-0.1, -0.05) is 42.5 Å². The van der Waals surface area contributed by atoms with Gasteiger partial charge in [-0.3, -0.25) is 19.5 Å². The summed E-state index contributed by atoms with van der Waals surface area (Å²) in [6.45, 7) is 0.121. The van der Waals surface area contributed by atoms with Gasteiger partial charge in [0.2, 0.25) is 0 Å². The predicted molar refractivity (Wildman–Crippen MR) is 130 cm³/mol. The Labute approximate surface area is 195 Å². The van der Waals surface area contributed by atoms with Crippen molar-refractivity contribution in [1.29, 1.82) is 0 Å². The van der Waals surface area contributed by atoms with Crippen molar-refractivity contribution < 1.29 is 9.59 Å². The number of hydrogen-bond acceptors (Lipinski definition) is 3. The number of nitrogens with zero attached hydrogens (tertiary/aromatic N) is 2. The van der Waals surface area contributed by atoms with E-state index in [0.717, 1.165) is 32.9 Å². The smallest absolute Gasteiger partial charge is 0.262 e. The van der Waals surface area contributed by atoms with Crippen LogP contribution in [0.3, 0.4) is 0 Å². The van der Waals surface area contributed by atoms with Crippen LogP contribution >= 0.6 is 12.4 Å². The van der Waals surface area contributed by atoms with Crippen molar-refractivity contribution in [3.05, 3.63) is 102 Å². The third-order valence-corrected chi connectivity index (χ3v) is 5.93. The van der Waals surface area contributed by atoms with E-state index < -0.39 is 0 Å². The van der Waals surface area contributed by atoms with Gasteiger partial charge in [-0.25, -0.2) is 0 Å². The van der Waals surface area contributed by atoms with Crippen molar-refractivity contribution in [2.45, 2.75) is 6.54 Å². The highest BCUT2D eigenvalue weighted by Crippen LogP contribution is 2.40. The van der Waals surface area contributed by atoms with E-state index in [-0.39, 0.29) is 30.8 Å². The summed E-state index contributed by atoms with van der Waals surface area (Å²) in [5.41, 5.74) is 4.76. The lowest BCUT2D eigenvalue weighted by Crippen LogP contribution is -2.31. The van der Waals surface area contributed by atoms with Gasteiger partial charge in [0.1, 0.15) is 0 Å². The van der Waals surface area contributed by atoms with Crippen molar-refractivity contribution in [2.75, 3.05) is 0 Å². The molecule has 1 aliphatic heterocycles. The van der Waals surface area contributed by atoms with Crippen LogP contribution in [0, 0.1) is 0 Å². The number of hydrogen-bond donors (Lipinski definition) is 2. The molecule has 162 valence electrons. The molecule has 7 heteroatoms. The Morgan fingerprint density at radius 1 is 0.697 bits per heavy atom. The van der Waals surface area contributed by atoms with E-state index >= 15 is 0 Å². The quantitative estimate of drug-likeness (QED) is 0.377. The first-order valence-corrected chi connectivity index (χ1v) is 10.4. The number of nitrogens with one attached hydrogen (secondary N) is 2. The van der Waals surface area contributed by atoms with E-state index in [0.29, 0.717) is 16.8 Å². The first-order chi connectivity index (χ1) is 15.7. The van der Waals surface area contributed by atoms with Crippen molar-refractivity contribution in [1.82, 2.24) is 19.9 Å². The van der Waals surface area contributed by atoms with E-state index in [1.165, 1.54) is 4.90 Å². The van der Waals surface area contributed by atoms with Gasteiger partial charge < -0.3 is 9.97 Å². The first-order valence-electron chi connectivity index (χ1n) is 10.4. The molecule has 2 amide bonds.